The Balaban J connectivity index is 1.54. The summed E-state index contributed by atoms with van der Waals surface area (Å²) >= 11 is 1.86. The zero-order valence-corrected chi connectivity index (χ0v) is 11.6. The van der Waals surface area contributed by atoms with Crippen LogP contribution >= 0.6 is 11.8 Å². The van der Waals surface area contributed by atoms with Gasteiger partial charge in [0.25, 0.3) is 0 Å². The van der Waals surface area contributed by atoms with Gasteiger partial charge >= 0.3 is 0 Å². The Kier molecular flexibility index (Phi) is 5.39. The summed E-state index contributed by atoms with van der Waals surface area (Å²) in [4.78, 5) is 4.47. The Morgan fingerprint density at radius 2 is 2.22 bits per heavy atom. The van der Waals surface area contributed by atoms with E-state index in [-0.39, 0.29) is 0 Å². The van der Waals surface area contributed by atoms with Gasteiger partial charge in [0.2, 0.25) is 0 Å². The summed E-state index contributed by atoms with van der Waals surface area (Å²) in [6.07, 6.45) is 2.18. The molecule has 1 heterocycles. The zero-order valence-electron chi connectivity index (χ0n) is 10.8. The predicted molar refractivity (Wildman–Crippen MR) is 78.5 cm³/mol. The molecule has 98 valence electrons. The van der Waals surface area contributed by atoms with Crippen molar-refractivity contribution in [2.45, 2.75) is 25.0 Å². The number of benzene rings is 1. The van der Waals surface area contributed by atoms with Gasteiger partial charge in [-0.25, -0.2) is 0 Å². The molecule has 1 aromatic carbocycles. The van der Waals surface area contributed by atoms with Gasteiger partial charge in [-0.1, -0.05) is 36.9 Å². The molecule has 4 heteroatoms. The van der Waals surface area contributed by atoms with E-state index in [0.29, 0.717) is 5.25 Å². The minimum Gasteiger partial charge on any atom is -0.494 e. The highest BCUT2D eigenvalue weighted by atomic mass is 32.2. The van der Waals surface area contributed by atoms with Crippen molar-refractivity contribution < 1.29 is 4.74 Å². The molecule has 1 N–H and O–H groups in total. The summed E-state index contributed by atoms with van der Waals surface area (Å²) in [6.45, 7) is 4.84. The summed E-state index contributed by atoms with van der Waals surface area (Å²) in [5, 5.41) is 5.14. The fourth-order valence-electron chi connectivity index (χ4n) is 1.70. The van der Waals surface area contributed by atoms with Gasteiger partial charge in [-0.05, 0) is 25.0 Å². The summed E-state index contributed by atoms with van der Waals surface area (Å²) in [5.74, 6) is 0.941. The Bertz CT molecular complexity index is 381. The van der Waals surface area contributed by atoms with E-state index >= 15 is 0 Å². The molecule has 1 atom stereocenters. The molecule has 1 aliphatic heterocycles. The van der Waals surface area contributed by atoms with Gasteiger partial charge < -0.3 is 10.1 Å². The van der Waals surface area contributed by atoms with Crippen molar-refractivity contribution in [3.63, 3.8) is 0 Å². The van der Waals surface area contributed by atoms with Gasteiger partial charge in [-0.15, -0.1) is 0 Å². The van der Waals surface area contributed by atoms with Gasteiger partial charge in [-0.2, -0.15) is 0 Å². The standard InChI is InChI=1S/C14H20N2OS/c1-2-13-11-16-14(18-13)15-9-6-10-17-12-7-4-3-5-8-12/h3-5,7-8,13H,2,6,9-11H2,1H3,(H,15,16). The van der Waals surface area contributed by atoms with Crippen molar-refractivity contribution in [2.24, 2.45) is 4.99 Å². The average Bonchev–Trinajstić information content (AvgIpc) is 2.87. The first-order chi connectivity index (χ1) is 8.88. The van der Waals surface area contributed by atoms with Crippen LogP contribution in [0, 0.1) is 0 Å². The molecule has 0 radical (unpaired) electrons. The van der Waals surface area contributed by atoms with E-state index < -0.39 is 0 Å². The van der Waals surface area contributed by atoms with Crippen LogP contribution in [-0.2, 0) is 0 Å². The lowest BCUT2D eigenvalue weighted by molar-refractivity contribution is 0.311. The van der Waals surface area contributed by atoms with Crippen LogP contribution in [-0.4, -0.2) is 30.1 Å². The Hall–Kier alpha value is -1.16. The number of hydrogen-bond acceptors (Lipinski definition) is 4. The second-order valence-corrected chi connectivity index (χ2v) is 5.52. The molecular formula is C14H20N2OS. The van der Waals surface area contributed by atoms with E-state index in [1.165, 1.54) is 6.42 Å². The normalized spacial score (nSPS) is 18.5. The quantitative estimate of drug-likeness (QED) is 0.802. The number of nitrogens with one attached hydrogen (secondary N) is 1. The molecule has 0 aliphatic carbocycles. The van der Waals surface area contributed by atoms with E-state index in [1.54, 1.807) is 0 Å². The summed E-state index contributed by atoms with van der Waals surface area (Å²) < 4.78 is 5.63. The minimum absolute atomic E-state index is 0.674. The highest BCUT2D eigenvalue weighted by Gasteiger charge is 2.16. The number of aliphatic imine (C=N–C) groups is 1. The zero-order chi connectivity index (χ0) is 12.6. The van der Waals surface area contributed by atoms with Gasteiger partial charge in [0, 0.05) is 11.8 Å². The molecular weight excluding hydrogens is 244 g/mol. The maximum Gasteiger partial charge on any atom is 0.156 e. The topological polar surface area (TPSA) is 33.6 Å². The first-order valence-corrected chi connectivity index (χ1v) is 7.39. The molecule has 0 aromatic heterocycles. The number of hydrogen-bond donors (Lipinski definition) is 1. The largest absolute Gasteiger partial charge is 0.494 e. The third kappa shape index (κ3) is 4.26. The van der Waals surface area contributed by atoms with E-state index in [2.05, 4.69) is 17.2 Å². The molecule has 0 saturated carbocycles. The lowest BCUT2D eigenvalue weighted by atomic mass is 10.3. The number of rotatable bonds is 6. The summed E-state index contributed by atoms with van der Waals surface area (Å²) in [6, 6.07) is 9.94. The number of thioether (sulfide) groups is 1. The van der Waals surface area contributed by atoms with Crippen LogP contribution in [0.5, 0.6) is 5.75 Å². The van der Waals surface area contributed by atoms with Gasteiger partial charge in [-0.3, -0.25) is 4.99 Å². The Morgan fingerprint density at radius 3 is 2.94 bits per heavy atom. The first kappa shape index (κ1) is 13.3. The number of ether oxygens (including phenoxy) is 1. The average molecular weight is 264 g/mol. The van der Waals surface area contributed by atoms with Gasteiger partial charge in [0.1, 0.15) is 5.75 Å². The molecule has 1 unspecified atom stereocenters. The SMILES string of the molecule is CCC1CN=C(NCCCOc2ccccc2)S1. The van der Waals surface area contributed by atoms with Crippen molar-refractivity contribution in [2.75, 3.05) is 19.7 Å². The minimum atomic E-state index is 0.674. The van der Waals surface area contributed by atoms with Crippen LogP contribution in [0.2, 0.25) is 0 Å². The molecule has 0 saturated heterocycles. The molecule has 2 rings (SSSR count). The second-order valence-electron chi connectivity index (χ2n) is 4.24. The third-order valence-corrected chi connectivity index (χ3v) is 4.09. The highest BCUT2D eigenvalue weighted by Crippen LogP contribution is 2.21. The number of amidine groups is 1. The van der Waals surface area contributed by atoms with Gasteiger partial charge in [0.05, 0.1) is 13.2 Å². The number of nitrogens with zero attached hydrogens (tertiary/aromatic N) is 1. The second kappa shape index (κ2) is 7.31. The smallest absolute Gasteiger partial charge is 0.156 e. The molecule has 1 aliphatic rings. The fraction of sp³-hybridized carbons (Fsp3) is 0.500. The Labute approximate surface area is 113 Å². The van der Waals surface area contributed by atoms with E-state index in [1.807, 2.05) is 42.1 Å². The van der Waals surface area contributed by atoms with Crippen LogP contribution in [0.1, 0.15) is 19.8 Å². The molecule has 18 heavy (non-hydrogen) atoms. The molecule has 0 fully saturated rings. The van der Waals surface area contributed by atoms with Crippen molar-refractivity contribution in [1.82, 2.24) is 5.32 Å². The van der Waals surface area contributed by atoms with Crippen LogP contribution < -0.4 is 10.1 Å². The lowest BCUT2D eigenvalue weighted by Gasteiger charge is -2.08. The predicted octanol–water partition coefficient (Wildman–Crippen LogP) is 2.93. The third-order valence-electron chi connectivity index (χ3n) is 2.78. The van der Waals surface area contributed by atoms with Crippen LogP contribution in [0.3, 0.4) is 0 Å². The van der Waals surface area contributed by atoms with Crippen molar-refractivity contribution >= 4 is 16.9 Å². The summed E-state index contributed by atoms with van der Waals surface area (Å²) in [5.41, 5.74) is 0. The van der Waals surface area contributed by atoms with Crippen LogP contribution in [0.25, 0.3) is 0 Å². The maximum absolute atomic E-state index is 5.63. The molecule has 0 amide bonds. The molecule has 1 aromatic rings. The van der Waals surface area contributed by atoms with Crippen molar-refractivity contribution in [3.8, 4) is 5.75 Å². The van der Waals surface area contributed by atoms with Crippen molar-refractivity contribution in [3.05, 3.63) is 30.3 Å². The lowest BCUT2D eigenvalue weighted by Crippen LogP contribution is -2.22. The van der Waals surface area contributed by atoms with E-state index in [0.717, 1.165) is 37.0 Å². The monoisotopic (exact) mass is 264 g/mol. The number of para-hydroxylation sites is 1. The van der Waals surface area contributed by atoms with Crippen LogP contribution in [0.4, 0.5) is 0 Å². The first-order valence-electron chi connectivity index (χ1n) is 6.51. The highest BCUT2D eigenvalue weighted by molar-refractivity contribution is 8.14. The Morgan fingerprint density at radius 1 is 1.39 bits per heavy atom. The van der Waals surface area contributed by atoms with E-state index in [9.17, 15) is 0 Å². The molecule has 3 nitrogen and oxygen atoms in total. The molecule has 0 bridgehead atoms. The summed E-state index contributed by atoms with van der Waals surface area (Å²) in [7, 11) is 0. The molecule has 0 spiro atoms. The maximum atomic E-state index is 5.63. The van der Waals surface area contributed by atoms with Crippen LogP contribution in [0.15, 0.2) is 35.3 Å². The van der Waals surface area contributed by atoms with Gasteiger partial charge in [0.15, 0.2) is 5.17 Å². The van der Waals surface area contributed by atoms with E-state index in [4.69, 9.17) is 4.74 Å². The van der Waals surface area contributed by atoms with Crippen molar-refractivity contribution in [1.29, 1.82) is 0 Å². The fourth-order valence-corrected chi connectivity index (χ4v) is 2.67.